The van der Waals surface area contributed by atoms with Gasteiger partial charge in [-0.1, -0.05) is 37.1 Å². The van der Waals surface area contributed by atoms with E-state index in [1.54, 1.807) is 23.3 Å². The minimum absolute atomic E-state index is 0. The molecule has 0 fully saturated rings. The van der Waals surface area contributed by atoms with Crippen LogP contribution >= 0.6 is 0 Å². The van der Waals surface area contributed by atoms with Crippen LogP contribution in [-0.4, -0.2) is 5.43 Å². The van der Waals surface area contributed by atoms with E-state index in [2.05, 4.69) is 102 Å². The van der Waals surface area contributed by atoms with Crippen LogP contribution in [0.15, 0.2) is 60.7 Å². The van der Waals surface area contributed by atoms with Crippen LogP contribution in [-0.2, 0) is 23.3 Å². The summed E-state index contributed by atoms with van der Waals surface area (Å²) < 4.78 is 0. The zero-order chi connectivity index (χ0) is 20.7. The largest absolute Gasteiger partial charge is 1.00 e. The minimum atomic E-state index is 0. The van der Waals surface area contributed by atoms with Crippen LogP contribution in [0.3, 0.4) is 0 Å². The average molecular weight is 535 g/mol. The van der Waals surface area contributed by atoms with Gasteiger partial charge in [-0.3, -0.25) is 0 Å². The summed E-state index contributed by atoms with van der Waals surface area (Å²) in [4.78, 5) is 0. The van der Waals surface area contributed by atoms with E-state index >= 15 is 0 Å². The molecule has 0 aromatic heterocycles. The molecule has 0 nitrogen and oxygen atoms in total. The Morgan fingerprint density at radius 1 is 0.767 bits per heavy atom. The van der Waals surface area contributed by atoms with Gasteiger partial charge >= 0.3 is 54.7 Å². The van der Waals surface area contributed by atoms with Crippen molar-refractivity contribution in [1.29, 1.82) is 0 Å². The van der Waals surface area contributed by atoms with E-state index in [-0.39, 0.29) is 30.2 Å². The van der Waals surface area contributed by atoms with Crippen molar-refractivity contribution in [2.75, 3.05) is 0 Å². The molecule has 4 aromatic carbocycles. The van der Waals surface area contributed by atoms with E-state index in [0.717, 1.165) is 0 Å². The van der Waals surface area contributed by atoms with Gasteiger partial charge in [0.25, 0.3) is 0 Å². The molecule has 4 aromatic rings. The summed E-state index contributed by atoms with van der Waals surface area (Å²) in [5.74, 6) is 0. The SMILES string of the molecule is CCC[Si](C)=[Zr+2].Cc1cc2c(C)cccc2[cH-]1.Cc1cc2c(C)cccc2[cH-]1.[Cl-].[Cl-]. The first-order valence-electron chi connectivity index (χ1n) is 10.1. The van der Waals surface area contributed by atoms with Gasteiger partial charge in [0.05, 0.1) is 0 Å². The maximum Gasteiger partial charge on any atom is -0.0488 e. The van der Waals surface area contributed by atoms with Crippen LogP contribution in [0.4, 0.5) is 0 Å². The first-order valence-corrected chi connectivity index (χ1v) is 16.0. The van der Waals surface area contributed by atoms with Crippen molar-refractivity contribution in [3.8, 4) is 0 Å². The summed E-state index contributed by atoms with van der Waals surface area (Å²) in [6.07, 6.45) is 1.40. The van der Waals surface area contributed by atoms with E-state index in [4.69, 9.17) is 0 Å². The Labute approximate surface area is 210 Å². The second-order valence-corrected chi connectivity index (χ2v) is 16.1. The maximum atomic E-state index is 2.40. The fourth-order valence-corrected chi connectivity index (χ4v) is 6.05. The molecule has 0 amide bonds. The molecule has 4 heteroatoms. The molecular formula is C26H32Cl2SiZr-2. The summed E-state index contributed by atoms with van der Waals surface area (Å²) >= 11 is 1.79. The van der Waals surface area contributed by atoms with Crippen molar-refractivity contribution in [2.24, 2.45) is 0 Å². The van der Waals surface area contributed by atoms with Gasteiger partial charge < -0.3 is 24.8 Å². The molecule has 0 saturated carbocycles. The molecule has 0 N–H and O–H groups in total. The van der Waals surface area contributed by atoms with Crippen molar-refractivity contribution in [3.63, 3.8) is 0 Å². The molecule has 160 valence electrons. The molecular weight excluding hydrogens is 503 g/mol. The second kappa shape index (κ2) is 14.4. The van der Waals surface area contributed by atoms with Crippen LogP contribution in [0.5, 0.6) is 0 Å². The standard InChI is InChI=1S/2C11H11.C4H10Si.2ClH.Zr/c2*1-8-6-10-5-3-4-9(2)11(10)7-8;1-3-4-5-2;;;/h2*3-7H,1-2H3;3-4H2,1-2H3;2*1H;/q2*-1;;;;+2/p-2. The third kappa shape index (κ3) is 8.83. The molecule has 0 unspecified atom stereocenters. The third-order valence-electron chi connectivity index (χ3n) is 4.85. The Kier molecular flexibility index (Phi) is 14.1. The molecule has 0 radical (unpaired) electrons. The van der Waals surface area contributed by atoms with Gasteiger partial charge in [-0.05, 0) is 13.8 Å². The number of rotatable bonds is 2. The van der Waals surface area contributed by atoms with Gasteiger partial charge in [-0.2, -0.15) is 12.1 Å². The van der Waals surface area contributed by atoms with E-state index < -0.39 is 0 Å². The molecule has 0 bridgehead atoms. The zero-order valence-electron chi connectivity index (χ0n) is 18.9. The summed E-state index contributed by atoms with van der Waals surface area (Å²) in [7, 11) is 0. The number of hydrogen-bond acceptors (Lipinski definition) is 0. The summed E-state index contributed by atoms with van der Waals surface area (Å²) in [6, 6.07) is 23.3. The van der Waals surface area contributed by atoms with Crippen molar-refractivity contribution >= 4 is 27.0 Å². The van der Waals surface area contributed by atoms with Crippen LogP contribution < -0.4 is 24.8 Å². The van der Waals surface area contributed by atoms with Crippen molar-refractivity contribution in [1.82, 2.24) is 0 Å². The van der Waals surface area contributed by atoms with Gasteiger partial charge in [0.2, 0.25) is 0 Å². The van der Waals surface area contributed by atoms with Crippen LogP contribution in [0.1, 0.15) is 35.6 Å². The number of benzene rings is 2. The summed E-state index contributed by atoms with van der Waals surface area (Å²) in [5, 5.41) is 5.51. The monoisotopic (exact) mass is 532 g/mol. The molecule has 0 aliphatic heterocycles. The molecule has 0 aliphatic carbocycles. The van der Waals surface area contributed by atoms with Gasteiger partial charge in [0.1, 0.15) is 0 Å². The maximum absolute atomic E-state index is 2.40. The van der Waals surface area contributed by atoms with Crippen LogP contribution in [0.2, 0.25) is 12.6 Å². The zero-order valence-corrected chi connectivity index (χ0v) is 23.9. The fourth-order valence-electron chi connectivity index (χ4n) is 3.46. The topological polar surface area (TPSA) is 0 Å². The van der Waals surface area contributed by atoms with E-state index in [0.29, 0.717) is 0 Å². The molecule has 0 spiro atoms. The van der Waals surface area contributed by atoms with Crippen molar-refractivity contribution < 1.29 is 48.1 Å². The van der Waals surface area contributed by atoms with Gasteiger partial charge in [-0.15, -0.1) is 69.1 Å². The van der Waals surface area contributed by atoms with E-state index in [9.17, 15) is 0 Å². The predicted octanol–water partition coefficient (Wildman–Crippen LogP) is 1.92. The van der Waals surface area contributed by atoms with Crippen molar-refractivity contribution in [2.45, 2.75) is 53.6 Å². The van der Waals surface area contributed by atoms with Gasteiger partial charge in [0, 0.05) is 0 Å². The molecule has 4 rings (SSSR count). The Hall–Kier alpha value is -0.660. The van der Waals surface area contributed by atoms with Crippen LogP contribution in [0, 0.1) is 27.7 Å². The van der Waals surface area contributed by atoms with Gasteiger partial charge in [0.15, 0.2) is 0 Å². The summed E-state index contributed by atoms with van der Waals surface area (Å²) in [6.45, 7) is 13.2. The minimum Gasteiger partial charge on any atom is -1.00 e. The number of aryl methyl sites for hydroxylation is 4. The van der Waals surface area contributed by atoms with Gasteiger partial charge in [-0.25, -0.2) is 0 Å². The number of halogens is 2. The molecule has 30 heavy (non-hydrogen) atoms. The Bertz CT molecular complexity index is 981. The molecule has 0 heterocycles. The molecule has 0 saturated heterocycles. The predicted molar refractivity (Wildman–Crippen MR) is 125 cm³/mol. The Morgan fingerprint density at radius 2 is 1.17 bits per heavy atom. The van der Waals surface area contributed by atoms with E-state index in [1.807, 2.05) is 0 Å². The average Bonchev–Trinajstić information content (AvgIpc) is 3.19. The fraction of sp³-hybridized carbons (Fsp3) is 0.308. The van der Waals surface area contributed by atoms with E-state index in [1.165, 1.54) is 56.3 Å². The van der Waals surface area contributed by atoms with Crippen LogP contribution in [0.25, 0.3) is 21.5 Å². The first-order chi connectivity index (χ1) is 13.3. The van der Waals surface area contributed by atoms with Crippen molar-refractivity contribution in [3.05, 3.63) is 82.9 Å². The quantitative estimate of drug-likeness (QED) is 0.272. The normalized spacial score (nSPS) is 9.60. The second-order valence-electron chi connectivity index (χ2n) is 7.75. The first kappa shape index (κ1) is 29.3. The summed E-state index contributed by atoms with van der Waals surface area (Å²) in [5.41, 5.74) is 5.66. The smallest absolute Gasteiger partial charge is 0.0488 e. The molecule has 0 aliphatic rings. The Balaban J connectivity index is 0.000000427. The molecule has 0 atom stereocenters. The number of fused-ring (bicyclic) bond motifs is 2. The third-order valence-corrected chi connectivity index (χ3v) is 7.94. The Morgan fingerprint density at radius 3 is 1.43 bits per heavy atom. The number of hydrogen-bond donors (Lipinski definition) is 0.